The van der Waals surface area contributed by atoms with Gasteiger partial charge >= 0.3 is 0 Å². The Morgan fingerprint density at radius 2 is 2.13 bits per heavy atom. The molecule has 5 rings (SSSR count). The molecular formula is C24H28N6O. The van der Waals surface area contributed by atoms with E-state index in [1.807, 2.05) is 24.2 Å². The zero-order valence-electron chi connectivity index (χ0n) is 18.1. The Kier molecular flexibility index (Phi) is 5.28. The van der Waals surface area contributed by atoms with Crippen molar-refractivity contribution in [1.29, 1.82) is 0 Å². The van der Waals surface area contributed by atoms with E-state index in [0.29, 0.717) is 0 Å². The van der Waals surface area contributed by atoms with Gasteiger partial charge in [-0.05, 0) is 30.2 Å². The van der Waals surface area contributed by atoms with Crippen molar-refractivity contribution in [2.75, 3.05) is 32.0 Å². The highest BCUT2D eigenvalue weighted by atomic mass is 16.2. The van der Waals surface area contributed by atoms with Crippen molar-refractivity contribution in [1.82, 2.24) is 24.8 Å². The normalized spacial score (nSPS) is 18.9. The van der Waals surface area contributed by atoms with Crippen LogP contribution in [-0.4, -0.2) is 57.3 Å². The number of carbonyl (C=O) groups excluding carboxylic acids is 1. The zero-order chi connectivity index (χ0) is 21.4. The minimum atomic E-state index is 0.134. The van der Waals surface area contributed by atoms with Gasteiger partial charge < -0.3 is 10.2 Å². The summed E-state index contributed by atoms with van der Waals surface area (Å²) in [5.41, 5.74) is 4.67. The number of likely N-dealkylation sites (tertiary alicyclic amines) is 1. The lowest BCUT2D eigenvalue weighted by molar-refractivity contribution is -0.127. The van der Waals surface area contributed by atoms with Crippen LogP contribution in [0.15, 0.2) is 36.5 Å². The van der Waals surface area contributed by atoms with Gasteiger partial charge in [0.2, 0.25) is 5.91 Å². The van der Waals surface area contributed by atoms with Crippen LogP contribution in [0.4, 0.5) is 5.82 Å². The lowest BCUT2D eigenvalue weighted by atomic mass is 10.0. The Labute approximate surface area is 182 Å². The zero-order valence-corrected chi connectivity index (χ0v) is 18.1. The van der Waals surface area contributed by atoms with Gasteiger partial charge in [-0.15, -0.1) is 0 Å². The number of benzene rings is 1. The third-order valence-corrected chi connectivity index (χ3v) is 6.47. The van der Waals surface area contributed by atoms with Crippen LogP contribution in [0.5, 0.6) is 0 Å². The number of hydrogen-bond donors (Lipinski definition) is 1. The number of anilines is 1. The van der Waals surface area contributed by atoms with E-state index >= 15 is 0 Å². The maximum atomic E-state index is 11.7. The highest BCUT2D eigenvalue weighted by Gasteiger charge is 2.30. The summed E-state index contributed by atoms with van der Waals surface area (Å²) in [4.78, 5) is 30.3. The molecule has 2 aliphatic heterocycles. The van der Waals surface area contributed by atoms with Crippen molar-refractivity contribution < 1.29 is 4.79 Å². The molecular weight excluding hydrogens is 388 g/mol. The van der Waals surface area contributed by atoms with E-state index in [-0.39, 0.29) is 11.8 Å². The summed E-state index contributed by atoms with van der Waals surface area (Å²) < 4.78 is 0. The van der Waals surface area contributed by atoms with Crippen LogP contribution in [0.25, 0.3) is 10.9 Å². The second kappa shape index (κ2) is 8.23. The van der Waals surface area contributed by atoms with Gasteiger partial charge in [0.15, 0.2) is 0 Å². The Morgan fingerprint density at radius 1 is 1.23 bits per heavy atom. The van der Waals surface area contributed by atoms with E-state index in [9.17, 15) is 4.79 Å². The molecule has 1 atom stereocenters. The summed E-state index contributed by atoms with van der Waals surface area (Å²) in [5, 5.41) is 4.47. The number of nitrogens with zero attached hydrogens (tertiary/aromatic N) is 5. The average Bonchev–Trinajstić information content (AvgIpc) is 3.29. The summed E-state index contributed by atoms with van der Waals surface area (Å²) in [6, 6.07) is 10.6. The Balaban J connectivity index is 1.35. The summed E-state index contributed by atoms with van der Waals surface area (Å²) in [6.07, 6.45) is 3.68. The summed E-state index contributed by atoms with van der Waals surface area (Å²) in [7, 11) is 1.93. The first-order chi connectivity index (χ1) is 15.1. The second-order valence-electron chi connectivity index (χ2n) is 8.55. The van der Waals surface area contributed by atoms with Crippen molar-refractivity contribution in [3.8, 4) is 0 Å². The van der Waals surface area contributed by atoms with Gasteiger partial charge in [-0.25, -0.2) is 9.97 Å². The molecule has 0 spiro atoms. The van der Waals surface area contributed by atoms with Crippen molar-refractivity contribution in [3.05, 3.63) is 59.2 Å². The first-order valence-corrected chi connectivity index (χ1v) is 11.0. The smallest absolute Gasteiger partial charge is 0.219 e. The van der Waals surface area contributed by atoms with E-state index in [1.54, 1.807) is 6.92 Å². The van der Waals surface area contributed by atoms with Gasteiger partial charge in [-0.3, -0.25) is 14.7 Å². The average molecular weight is 417 g/mol. The van der Waals surface area contributed by atoms with Gasteiger partial charge in [-0.2, -0.15) is 0 Å². The molecule has 31 heavy (non-hydrogen) atoms. The van der Waals surface area contributed by atoms with Crippen LogP contribution in [0.2, 0.25) is 0 Å². The van der Waals surface area contributed by atoms with E-state index in [1.165, 1.54) is 16.5 Å². The lowest BCUT2D eigenvalue weighted by Crippen LogP contribution is -2.32. The van der Waals surface area contributed by atoms with Crippen molar-refractivity contribution in [3.63, 3.8) is 0 Å². The Bertz CT molecular complexity index is 1110. The molecule has 0 saturated carbocycles. The van der Waals surface area contributed by atoms with Crippen LogP contribution in [0, 0.1) is 0 Å². The van der Waals surface area contributed by atoms with E-state index in [0.717, 1.165) is 68.4 Å². The molecule has 2 aromatic heterocycles. The van der Waals surface area contributed by atoms with Gasteiger partial charge in [0.1, 0.15) is 11.6 Å². The minimum absolute atomic E-state index is 0.134. The number of pyridine rings is 1. The highest BCUT2D eigenvalue weighted by molar-refractivity contribution is 5.78. The molecule has 1 aromatic carbocycles. The van der Waals surface area contributed by atoms with E-state index in [4.69, 9.17) is 9.97 Å². The fourth-order valence-electron chi connectivity index (χ4n) is 4.75. The van der Waals surface area contributed by atoms with Crippen LogP contribution in [0.1, 0.15) is 41.9 Å². The fourth-order valence-corrected chi connectivity index (χ4v) is 4.75. The number of nitrogens with one attached hydrogen (secondary N) is 1. The van der Waals surface area contributed by atoms with E-state index < -0.39 is 0 Å². The quantitative estimate of drug-likeness (QED) is 0.705. The topological polar surface area (TPSA) is 74.2 Å². The van der Waals surface area contributed by atoms with Crippen molar-refractivity contribution in [2.45, 2.75) is 38.8 Å². The molecule has 160 valence electrons. The molecule has 1 N–H and O–H groups in total. The largest absolute Gasteiger partial charge is 0.373 e. The van der Waals surface area contributed by atoms with Crippen LogP contribution >= 0.6 is 0 Å². The standard InChI is InChI=1S/C24H28N6O/c1-16(31)30-11-7-19(14-30)23-27-22-8-10-29(15-20(22)24(25-2)28-23)13-17-5-6-21-18(12-17)4-3-9-26-21/h3-6,9,12,19H,7-8,10-11,13-15H2,1-2H3,(H,25,27,28). The first kappa shape index (κ1) is 19.9. The van der Waals surface area contributed by atoms with Crippen molar-refractivity contribution >= 4 is 22.6 Å². The number of aromatic nitrogens is 3. The van der Waals surface area contributed by atoms with Crippen LogP contribution in [0.3, 0.4) is 0 Å². The molecule has 1 amide bonds. The molecule has 2 aliphatic rings. The summed E-state index contributed by atoms with van der Waals surface area (Å²) >= 11 is 0. The molecule has 1 fully saturated rings. The Hall–Kier alpha value is -3.06. The molecule has 1 unspecified atom stereocenters. The summed E-state index contributed by atoms with van der Waals surface area (Å²) in [5.74, 6) is 2.16. The highest BCUT2D eigenvalue weighted by Crippen LogP contribution is 2.30. The number of carbonyl (C=O) groups is 1. The van der Waals surface area contributed by atoms with E-state index in [2.05, 4.69) is 39.5 Å². The molecule has 4 heterocycles. The first-order valence-electron chi connectivity index (χ1n) is 11.0. The maximum Gasteiger partial charge on any atom is 0.219 e. The van der Waals surface area contributed by atoms with Gasteiger partial charge in [0.05, 0.1) is 11.2 Å². The fraction of sp³-hybridized carbons (Fsp3) is 0.417. The third kappa shape index (κ3) is 3.97. The molecule has 0 aliphatic carbocycles. The predicted octanol–water partition coefficient (Wildman–Crippen LogP) is 2.96. The predicted molar refractivity (Wildman–Crippen MR) is 121 cm³/mol. The Morgan fingerprint density at radius 3 is 2.94 bits per heavy atom. The van der Waals surface area contributed by atoms with Crippen LogP contribution < -0.4 is 5.32 Å². The van der Waals surface area contributed by atoms with Gasteiger partial charge in [-0.1, -0.05) is 12.1 Å². The SMILES string of the molecule is CNc1nc(C2CCN(C(C)=O)C2)nc2c1CN(Cc1ccc3ncccc3c1)CC2. The van der Waals surface area contributed by atoms with Gasteiger partial charge in [0, 0.05) is 76.2 Å². The third-order valence-electron chi connectivity index (χ3n) is 6.47. The number of hydrogen-bond acceptors (Lipinski definition) is 6. The van der Waals surface area contributed by atoms with Crippen molar-refractivity contribution in [2.24, 2.45) is 0 Å². The maximum absolute atomic E-state index is 11.7. The number of fused-ring (bicyclic) bond motifs is 2. The lowest BCUT2D eigenvalue weighted by Gasteiger charge is -2.30. The molecule has 3 aromatic rings. The molecule has 7 nitrogen and oxygen atoms in total. The molecule has 0 bridgehead atoms. The van der Waals surface area contributed by atoms with Crippen LogP contribution in [-0.2, 0) is 24.3 Å². The number of rotatable bonds is 4. The minimum Gasteiger partial charge on any atom is -0.373 e. The molecule has 0 radical (unpaired) electrons. The summed E-state index contributed by atoms with van der Waals surface area (Å²) in [6.45, 7) is 5.86. The monoisotopic (exact) mass is 416 g/mol. The molecule has 7 heteroatoms. The number of amides is 1. The van der Waals surface area contributed by atoms with Gasteiger partial charge in [0.25, 0.3) is 0 Å². The molecule has 1 saturated heterocycles. The second-order valence-corrected chi connectivity index (χ2v) is 8.55.